The van der Waals surface area contributed by atoms with Crippen LogP contribution in [0, 0.1) is 15.9 Å². The molecule has 0 aromatic heterocycles. The molecule has 6 heteroatoms. The zero-order chi connectivity index (χ0) is 14.5. The Kier molecular flexibility index (Phi) is 4.14. The molecule has 0 aliphatic heterocycles. The normalized spacial score (nSPS) is 10.1. The molecule has 2 rings (SSSR count). The average Bonchev–Trinajstić information content (AvgIpc) is 2.40. The van der Waals surface area contributed by atoms with Crippen molar-refractivity contribution < 1.29 is 14.1 Å². The first-order valence-electron chi connectivity index (χ1n) is 6.03. The van der Waals surface area contributed by atoms with Gasteiger partial charge < -0.3 is 10.1 Å². The molecule has 0 atom stereocenters. The Labute approximate surface area is 115 Å². The molecule has 0 aliphatic carbocycles. The number of rotatable bonds is 5. The van der Waals surface area contributed by atoms with Crippen LogP contribution >= 0.6 is 0 Å². The molecule has 1 N–H and O–H groups in total. The first-order valence-corrected chi connectivity index (χ1v) is 6.03. The Morgan fingerprint density at radius 1 is 1.20 bits per heavy atom. The van der Waals surface area contributed by atoms with E-state index in [0.29, 0.717) is 18.0 Å². The van der Waals surface area contributed by atoms with E-state index >= 15 is 0 Å². The van der Waals surface area contributed by atoms with Crippen molar-refractivity contribution in [1.29, 1.82) is 0 Å². The van der Waals surface area contributed by atoms with Gasteiger partial charge in [0.25, 0.3) is 5.69 Å². The van der Waals surface area contributed by atoms with Gasteiger partial charge in [-0.15, -0.1) is 0 Å². The minimum absolute atomic E-state index is 0.293. The van der Waals surface area contributed by atoms with Crippen molar-refractivity contribution in [2.45, 2.75) is 6.92 Å². The number of benzene rings is 2. The average molecular weight is 276 g/mol. The van der Waals surface area contributed by atoms with Gasteiger partial charge in [-0.25, -0.2) is 4.39 Å². The second kappa shape index (κ2) is 6.01. The summed E-state index contributed by atoms with van der Waals surface area (Å²) in [6, 6.07) is 10.4. The van der Waals surface area contributed by atoms with Crippen LogP contribution in [0.5, 0.6) is 5.75 Å². The predicted octanol–water partition coefficient (Wildman–Crippen LogP) is 3.88. The fourth-order valence-electron chi connectivity index (χ4n) is 1.72. The van der Waals surface area contributed by atoms with Crippen molar-refractivity contribution in [2.75, 3.05) is 11.9 Å². The Morgan fingerprint density at radius 2 is 1.90 bits per heavy atom. The van der Waals surface area contributed by atoms with E-state index in [1.54, 1.807) is 24.3 Å². The summed E-state index contributed by atoms with van der Waals surface area (Å²) in [5.41, 5.74) is 0.715. The second-order valence-corrected chi connectivity index (χ2v) is 4.04. The van der Waals surface area contributed by atoms with Crippen LogP contribution in [0.2, 0.25) is 0 Å². The molecule has 0 aliphatic rings. The Morgan fingerprint density at radius 3 is 2.50 bits per heavy atom. The molecule has 0 spiro atoms. The molecule has 0 bridgehead atoms. The lowest BCUT2D eigenvalue weighted by atomic mass is 10.2. The fourth-order valence-corrected chi connectivity index (χ4v) is 1.72. The number of nitrogens with one attached hydrogen (secondary N) is 1. The summed E-state index contributed by atoms with van der Waals surface area (Å²) in [6.07, 6.45) is 0. The van der Waals surface area contributed by atoms with Crippen LogP contribution in [0.25, 0.3) is 0 Å². The number of nitro groups is 1. The molecule has 0 heterocycles. The first-order chi connectivity index (χ1) is 9.58. The Bertz CT molecular complexity index is 614. The summed E-state index contributed by atoms with van der Waals surface area (Å²) in [6.45, 7) is 2.46. The smallest absolute Gasteiger partial charge is 0.274 e. The van der Waals surface area contributed by atoms with Crippen LogP contribution in [0.1, 0.15) is 6.92 Å². The largest absolute Gasteiger partial charge is 0.494 e. The number of nitrogens with zero attached hydrogens (tertiary/aromatic N) is 1. The van der Waals surface area contributed by atoms with Crippen LogP contribution in [-0.2, 0) is 0 Å². The molecule has 5 nitrogen and oxygen atoms in total. The van der Waals surface area contributed by atoms with E-state index in [2.05, 4.69) is 5.32 Å². The van der Waals surface area contributed by atoms with E-state index in [9.17, 15) is 14.5 Å². The molecule has 0 amide bonds. The third kappa shape index (κ3) is 3.44. The summed E-state index contributed by atoms with van der Waals surface area (Å²) >= 11 is 0. The maximum Gasteiger partial charge on any atom is 0.274 e. The quantitative estimate of drug-likeness (QED) is 0.665. The minimum Gasteiger partial charge on any atom is -0.494 e. The van der Waals surface area contributed by atoms with Gasteiger partial charge in [0.2, 0.25) is 0 Å². The molecule has 0 saturated carbocycles. The topological polar surface area (TPSA) is 64.4 Å². The maximum atomic E-state index is 13.3. The van der Waals surface area contributed by atoms with Gasteiger partial charge in [-0.1, -0.05) is 0 Å². The third-order valence-electron chi connectivity index (χ3n) is 2.55. The molecule has 0 radical (unpaired) electrons. The number of non-ortho nitro benzene ring substituents is 1. The lowest BCUT2D eigenvalue weighted by Gasteiger charge is -2.08. The number of hydrogen-bond donors (Lipinski definition) is 1. The van der Waals surface area contributed by atoms with Crippen molar-refractivity contribution in [1.82, 2.24) is 0 Å². The van der Waals surface area contributed by atoms with Crippen LogP contribution in [0.4, 0.5) is 21.5 Å². The van der Waals surface area contributed by atoms with Gasteiger partial charge in [-0.3, -0.25) is 10.1 Å². The van der Waals surface area contributed by atoms with E-state index in [1.807, 2.05) is 6.92 Å². The zero-order valence-electron chi connectivity index (χ0n) is 10.8. The Balaban J connectivity index is 2.19. The van der Waals surface area contributed by atoms with Gasteiger partial charge in [-0.2, -0.15) is 0 Å². The summed E-state index contributed by atoms with van der Waals surface area (Å²) in [5, 5.41) is 13.6. The zero-order valence-corrected chi connectivity index (χ0v) is 10.8. The number of ether oxygens (including phenoxy) is 1. The van der Waals surface area contributed by atoms with Gasteiger partial charge in [0, 0.05) is 17.4 Å². The third-order valence-corrected chi connectivity index (χ3v) is 2.55. The summed E-state index contributed by atoms with van der Waals surface area (Å²) in [5.74, 6) is 0.0657. The molecule has 0 fully saturated rings. The standard InChI is InChI=1S/C14H13FN2O3/c1-2-20-14-5-3-11(4-6-14)16-12-7-10(15)8-13(9-12)17(18)19/h3-9,16H,2H2,1H3. The lowest BCUT2D eigenvalue weighted by Crippen LogP contribution is -1.95. The van der Waals surface area contributed by atoms with Gasteiger partial charge in [0.05, 0.1) is 17.6 Å². The van der Waals surface area contributed by atoms with E-state index in [4.69, 9.17) is 4.74 Å². The monoisotopic (exact) mass is 276 g/mol. The second-order valence-electron chi connectivity index (χ2n) is 4.04. The van der Waals surface area contributed by atoms with Crippen molar-refractivity contribution in [2.24, 2.45) is 0 Å². The molecule has 104 valence electrons. The number of halogens is 1. The van der Waals surface area contributed by atoms with Gasteiger partial charge >= 0.3 is 0 Å². The van der Waals surface area contributed by atoms with Crippen molar-refractivity contribution in [3.05, 3.63) is 58.4 Å². The van der Waals surface area contributed by atoms with Gasteiger partial charge in [-0.05, 0) is 37.3 Å². The molecular weight excluding hydrogens is 263 g/mol. The van der Waals surface area contributed by atoms with Crippen molar-refractivity contribution in [3.63, 3.8) is 0 Å². The van der Waals surface area contributed by atoms with E-state index in [1.165, 1.54) is 12.1 Å². The molecule has 2 aromatic carbocycles. The molecule has 20 heavy (non-hydrogen) atoms. The summed E-state index contributed by atoms with van der Waals surface area (Å²) in [4.78, 5) is 10.0. The number of hydrogen-bond acceptors (Lipinski definition) is 4. The molecule has 0 saturated heterocycles. The molecule has 2 aromatic rings. The molecular formula is C14H13FN2O3. The van der Waals surface area contributed by atoms with Crippen LogP contribution < -0.4 is 10.1 Å². The van der Waals surface area contributed by atoms with Gasteiger partial charge in [0.15, 0.2) is 0 Å². The SMILES string of the molecule is CCOc1ccc(Nc2cc(F)cc([N+](=O)[O-])c2)cc1. The van der Waals surface area contributed by atoms with Crippen LogP contribution in [-0.4, -0.2) is 11.5 Å². The fraction of sp³-hybridized carbons (Fsp3) is 0.143. The highest BCUT2D eigenvalue weighted by Gasteiger charge is 2.09. The Hall–Kier alpha value is -2.63. The van der Waals surface area contributed by atoms with E-state index < -0.39 is 10.7 Å². The highest BCUT2D eigenvalue weighted by molar-refractivity contribution is 5.63. The number of nitro benzene ring substituents is 1. The number of anilines is 2. The maximum absolute atomic E-state index is 13.3. The minimum atomic E-state index is -0.660. The highest BCUT2D eigenvalue weighted by atomic mass is 19.1. The highest BCUT2D eigenvalue weighted by Crippen LogP contribution is 2.24. The van der Waals surface area contributed by atoms with Gasteiger partial charge in [0.1, 0.15) is 11.6 Å². The van der Waals surface area contributed by atoms with Crippen molar-refractivity contribution in [3.8, 4) is 5.75 Å². The summed E-state index contributed by atoms with van der Waals surface area (Å²) < 4.78 is 18.6. The van der Waals surface area contributed by atoms with Crippen LogP contribution in [0.3, 0.4) is 0 Å². The summed E-state index contributed by atoms with van der Waals surface area (Å²) in [7, 11) is 0. The van der Waals surface area contributed by atoms with Crippen molar-refractivity contribution >= 4 is 17.1 Å². The predicted molar refractivity (Wildman–Crippen MR) is 73.9 cm³/mol. The first kappa shape index (κ1) is 13.8. The van der Waals surface area contributed by atoms with Crippen LogP contribution in [0.15, 0.2) is 42.5 Å². The van der Waals surface area contributed by atoms with E-state index in [0.717, 1.165) is 11.8 Å². The lowest BCUT2D eigenvalue weighted by molar-refractivity contribution is -0.385. The van der Waals surface area contributed by atoms with E-state index in [-0.39, 0.29) is 5.69 Å². The molecule has 0 unspecified atom stereocenters.